The molecule has 6 nitrogen and oxygen atoms in total. The maximum absolute atomic E-state index is 11.8. The van der Waals surface area contributed by atoms with E-state index in [2.05, 4.69) is 9.72 Å². The maximum Gasteiger partial charge on any atom is 0.339 e. The van der Waals surface area contributed by atoms with Gasteiger partial charge in [-0.3, -0.25) is 14.1 Å². The first-order valence-electron chi connectivity index (χ1n) is 5.94. The zero-order chi connectivity index (χ0) is 13.8. The third-order valence-electron chi connectivity index (χ3n) is 2.84. The molecule has 0 aliphatic carbocycles. The number of esters is 1. The molecule has 0 saturated carbocycles. The number of ether oxygens (including phenoxy) is 1. The van der Waals surface area contributed by atoms with E-state index in [0.29, 0.717) is 24.3 Å². The van der Waals surface area contributed by atoms with Gasteiger partial charge in [0.05, 0.1) is 24.9 Å². The van der Waals surface area contributed by atoms with E-state index in [1.54, 1.807) is 33.7 Å². The van der Waals surface area contributed by atoms with Gasteiger partial charge in [0.15, 0.2) is 0 Å². The summed E-state index contributed by atoms with van der Waals surface area (Å²) in [5, 5.41) is 0. The molecule has 0 bridgehead atoms. The molecule has 2 rings (SSSR count). The Kier molecular flexibility index (Phi) is 3.79. The number of carbonyl (C=O) groups is 1. The number of aromatic nitrogens is 3. The zero-order valence-corrected chi connectivity index (χ0v) is 10.9. The standard InChI is InChI=1S/C13H15N3O3/c1-3-15-6-7-16(13(15)18)9-11-5-4-10(8-14-11)12(17)19-2/h4-8H,3,9H2,1-2H3. The Morgan fingerprint density at radius 3 is 2.58 bits per heavy atom. The van der Waals surface area contributed by atoms with Crippen LogP contribution in [-0.2, 0) is 17.8 Å². The van der Waals surface area contributed by atoms with Crippen LogP contribution in [0.3, 0.4) is 0 Å². The first-order valence-corrected chi connectivity index (χ1v) is 5.94. The SMILES string of the molecule is CCn1ccn(Cc2ccc(C(=O)OC)cn2)c1=O. The van der Waals surface area contributed by atoms with Crippen LogP contribution in [0.25, 0.3) is 0 Å². The lowest BCUT2D eigenvalue weighted by Gasteiger charge is -2.03. The van der Waals surface area contributed by atoms with E-state index >= 15 is 0 Å². The molecule has 0 fully saturated rings. The minimum absolute atomic E-state index is 0.0682. The lowest BCUT2D eigenvalue weighted by molar-refractivity contribution is 0.0600. The number of hydrogen-bond acceptors (Lipinski definition) is 4. The molecule has 0 N–H and O–H groups in total. The molecule has 2 aromatic heterocycles. The summed E-state index contributed by atoms with van der Waals surface area (Å²) in [4.78, 5) is 27.3. The average molecular weight is 261 g/mol. The Morgan fingerprint density at radius 2 is 2.05 bits per heavy atom. The molecule has 0 amide bonds. The molecule has 0 atom stereocenters. The Balaban J connectivity index is 2.17. The van der Waals surface area contributed by atoms with E-state index < -0.39 is 5.97 Å². The molecular formula is C13H15N3O3. The van der Waals surface area contributed by atoms with Crippen molar-refractivity contribution in [3.05, 3.63) is 52.5 Å². The smallest absolute Gasteiger partial charge is 0.339 e. The van der Waals surface area contributed by atoms with Crippen molar-refractivity contribution in [2.45, 2.75) is 20.0 Å². The molecule has 19 heavy (non-hydrogen) atoms. The molecular weight excluding hydrogens is 246 g/mol. The topological polar surface area (TPSA) is 66.1 Å². The second-order valence-corrected chi connectivity index (χ2v) is 4.02. The largest absolute Gasteiger partial charge is 0.465 e. The Bertz CT molecular complexity index is 625. The van der Waals surface area contributed by atoms with Crippen LogP contribution in [0.2, 0.25) is 0 Å². The van der Waals surface area contributed by atoms with Crippen LogP contribution >= 0.6 is 0 Å². The maximum atomic E-state index is 11.8. The molecule has 0 unspecified atom stereocenters. The van der Waals surface area contributed by atoms with Crippen LogP contribution in [0.4, 0.5) is 0 Å². The van der Waals surface area contributed by atoms with E-state index in [1.807, 2.05) is 6.92 Å². The molecule has 0 radical (unpaired) electrons. The van der Waals surface area contributed by atoms with E-state index in [9.17, 15) is 9.59 Å². The van der Waals surface area contributed by atoms with Gasteiger partial charge < -0.3 is 4.74 Å². The Hall–Kier alpha value is -2.37. The van der Waals surface area contributed by atoms with Crippen molar-refractivity contribution in [3.63, 3.8) is 0 Å². The van der Waals surface area contributed by atoms with E-state index in [0.717, 1.165) is 0 Å². The summed E-state index contributed by atoms with van der Waals surface area (Å²) < 4.78 is 7.78. The number of pyridine rings is 1. The minimum Gasteiger partial charge on any atom is -0.465 e. The van der Waals surface area contributed by atoms with Gasteiger partial charge in [0.25, 0.3) is 0 Å². The molecule has 0 spiro atoms. The summed E-state index contributed by atoms with van der Waals surface area (Å²) in [6.07, 6.45) is 4.91. The number of methoxy groups -OCH3 is 1. The summed E-state index contributed by atoms with van der Waals surface area (Å²) in [5.74, 6) is -0.423. The molecule has 6 heteroatoms. The Labute approximate surface area is 110 Å². The first-order chi connectivity index (χ1) is 9.15. The van der Waals surface area contributed by atoms with Crippen LogP contribution in [0.15, 0.2) is 35.5 Å². The summed E-state index contributed by atoms with van der Waals surface area (Å²) >= 11 is 0. The first kappa shape index (κ1) is 13.1. The highest BCUT2D eigenvalue weighted by Gasteiger charge is 2.07. The van der Waals surface area contributed by atoms with Gasteiger partial charge in [-0.15, -0.1) is 0 Å². The summed E-state index contributed by atoms with van der Waals surface area (Å²) in [7, 11) is 1.32. The molecule has 0 aromatic carbocycles. The second kappa shape index (κ2) is 5.51. The van der Waals surface area contributed by atoms with Crippen molar-refractivity contribution >= 4 is 5.97 Å². The summed E-state index contributed by atoms with van der Waals surface area (Å²) in [6, 6.07) is 3.35. The average Bonchev–Trinajstić information content (AvgIpc) is 2.79. The normalized spacial score (nSPS) is 10.4. The van der Waals surface area contributed by atoms with Crippen molar-refractivity contribution in [2.75, 3.05) is 7.11 Å². The van der Waals surface area contributed by atoms with Gasteiger partial charge in [-0.1, -0.05) is 0 Å². The van der Waals surface area contributed by atoms with Gasteiger partial charge in [-0.25, -0.2) is 9.59 Å². The summed E-state index contributed by atoms with van der Waals surface area (Å²) in [5.41, 5.74) is 1.04. The number of aryl methyl sites for hydroxylation is 1. The van der Waals surface area contributed by atoms with Crippen LogP contribution < -0.4 is 5.69 Å². The molecule has 2 heterocycles. The minimum atomic E-state index is -0.423. The van der Waals surface area contributed by atoms with E-state index in [4.69, 9.17) is 0 Å². The number of carbonyl (C=O) groups excluding carboxylic acids is 1. The third-order valence-corrected chi connectivity index (χ3v) is 2.84. The van der Waals surface area contributed by atoms with Crippen LogP contribution in [0.5, 0.6) is 0 Å². The lowest BCUT2D eigenvalue weighted by atomic mass is 10.2. The van der Waals surface area contributed by atoms with Gasteiger partial charge in [-0.05, 0) is 19.1 Å². The highest BCUT2D eigenvalue weighted by Crippen LogP contribution is 2.03. The number of rotatable bonds is 4. The van der Waals surface area contributed by atoms with Crippen LogP contribution in [-0.4, -0.2) is 27.2 Å². The van der Waals surface area contributed by atoms with Crippen molar-refractivity contribution in [2.24, 2.45) is 0 Å². The van der Waals surface area contributed by atoms with E-state index in [1.165, 1.54) is 13.3 Å². The number of hydrogen-bond donors (Lipinski definition) is 0. The van der Waals surface area contributed by atoms with Gasteiger partial charge in [0, 0.05) is 25.1 Å². The van der Waals surface area contributed by atoms with E-state index in [-0.39, 0.29) is 5.69 Å². The van der Waals surface area contributed by atoms with Gasteiger partial charge in [0.1, 0.15) is 0 Å². The zero-order valence-electron chi connectivity index (χ0n) is 10.9. The molecule has 0 aliphatic rings. The monoisotopic (exact) mass is 261 g/mol. The number of imidazole rings is 1. The predicted octanol–water partition coefficient (Wildman–Crippen LogP) is 0.900. The Morgan fingerprint density at radius 1 is 1.32 bits per heavy atom. The van der Waals surface area contributed by atoms with Gasteiger partial charge >= 0.3 is 11.7 Å². The molecule has 0 aliphatic heterocycles. The summed E-state index contributed by atoms with van der Waals surface area (Å²) in [6.45, 7) is 2.93. The third kappa shape index (κ3) is 2.73. The fourth-order valence-electron chi connectivity index (χ4n) is 1.75. The van der Waals surface area contributed by atoms with Crippen molar-refractivity contribution in [3.8, 4) is 0 Å². The fraction of sp³-hybridized carbons (Fsp3) is 0.308. The fourth-order valence-corrected chi connectivity index (χ4v) is 1.75. The van der Waals surface area contributed by atoms with Gasteiger partial charge in [0.2, 0.25) is 0 Å². The highest BCUT2D eigenvalue weighted by atomic mass is 16.5. The molecule has 0 saturated heterocycles. The van der Waals surface area contributed by atoms with Crippen LogP contribution in [0.1, 0.15) is 23.0 Å². The van der Waals surface area contributed by atoms with Crippen molar-refractivity contribution < 1.29 is 9.53 Å². The predicted molar refractivity (Wildman–Crippen MR) is 69.0 cm³/mol. The quantitative estimate of drug-likeness (QED) is 0.767. The molecule has 2 aromatic rings. The number of nitrogens with zero attached hydrogens (tertiary/aromatic N) is 3. The van der Waals surface area contributed by atoms with Crippen molar-refractivity contribution in [1.82, 2.24) is 14.1 Å². The van der Waals surface area contributed by atoms with Gasteiger partial charge in [-0.2, -0.15) is 0 Å². The van der Waals surface area contributed by atoms with Crippen molar-refractivity contribution in [1.29, 1.82) is 0 Å². The molecule has 100 valence electrons. The lowest BCUT2D eigenvalue weighted by Crippen LogP contribution is -2.24. The van der Waals surface area contributed by atoms with Crippen LogP contribution in [0, 0.1) is 0 Å². The highest BCUT2D eigenvalue weighted by molar-refractivity contribution is 5.88. The second-order valence-electron chi connectivity index (χ2n) is 4.02.